The Labute approximate surface area is 190 Å². The van der Waals surface area contributed by atoms with E-state index in [9.17, 15) is 13.2 Å². The summed E-state index contributed by atoms with van der Waals surface area (Å²) in [6.07, 6.45) is 1.57. The van der Waals surface area contributed by atoms with Crippen molar-refractivity contribution in [2.45, 2.75) is 12.3 Å². The van der Waals surface area contributed by atoms with Crippen LogP contribution in [-0.2, 0) is 22.3 Å². The van der Waals surface area contributed by atoms with E-state index in [0.29, 0.717) is 33.4 Å². The average Bonchev–Trinajstić information content (AvgIpc) is 3.49. The Hall–Kier alpha value is -3.27. The number of nitrogens with one attached hydrogen (secondary N) is 2. The van der Waals surface area contributed by atoms with Gasteiger partial charge in [-0.25, -0.2) is 18.1 Å². The second-order valence-corrected chi connectivity index (χ2v) is 9.93. The normalized spacial score (nSPS) is 11.4. The lowest BCUT2D eigenvalue weighted by Crippen LogP contribution is -2.22. The van der Waals surface area contributed by atoms with Crippen LogP contribution in [0.5, 0.6) is 0 Å². The number of furan rings is 1. The van der Waals surface area contributed by atoms with Crippen molar-refractivity contribution in [2.75, 3.05) is 7.05 Å². The van der Waals surface area contributed by atoms with Crippen molar-refractivity contribution >= 4 is 27.3 Å². The lowest BCUT2D eigenvalue weighted by Gasteiger charge is -2.07. The van der Waals surface area contributed by atoms with Gasteiger partial charge in [0.1, 0.15) is 4.88 Å². The summed E-state index contributed by atoms with van der Waals surface area (Å²) in [4.78, 5) is 18.2. The van der Waals surface area contributed by atoms with E-state index in [1.54, 1.807) is 36.6 Å². The molecule has 2 aromatic carbocycles. The number of carbonyl (C=O) groups excluding carboxylic acids is 1. The van der Waals surface area contributed by atoms with Crippen molar-refractivity contribution in [1.82, 2.24) is 15.0 Å². The van der Waals surface area contributed by atoms with Gasteiger partial charge in [-0.3, -0.25) is 4.79 Å². The van der Waals surface area contributed by atoms with Gasteiger partial charge in [-0.1, -0.05) is 54.6 Å². The largest absolute Gasteiger partial charge is 0.462 e. The Bertz CT molecular complexity index is 1300. The summed E-state index contributed by atoms with van der Waals surface area (Å²) in [6.45, 7) is 0.306. The summed E-state index contributed by atoms with van der Waals surface area (Å²) in [5.41, 5.74) is 2.99. The minimum absolute atomic E-state index is 0.0903. The van der Waals surface area contributed by atoms with Crippen LogP contribution in [0.4, 0.5) is 0 Å². The molecule has 0 atom stereocenters. The molecule has 164 valence electrons. The summed E-state index contributed by atoms with van der Waals surface area (Å²) in [6, 6.07) is 20.2. The van der Waals surface area contributed by atoms with Crippen LogP contribution < -0.4 is 10.0 Å². The third-order valence-corrected chi connectivity index (χ3v) is 7.16. The highest BCUT2D eigenvalue weighted by Crippen LogP contribution is 2.34. The molecule has 0 spiro atoms. The summed E-state index contributed by atoms with van der Waals surface area (Å²) >= 11 is 1.28. The minimum Gasteiger partial charge on any atom is -0.462 e. The van der Waals surface area contributed by atoms with E-state index in [2.05, 4.69) is 15.0 Å². The first kappa shape index (κ1) is 21.9. The summed E-state index contributed by atoms with van der Waals surface area (Å²) in [7, 11) is -1.94. The quantitative estimate of drug-likeness (QED) is 0.407. The number of sulfonamides is 1. The van der Waals surface area contributed by atoms with Crippen LogP contribution in [-0.4, -0.2) is 26.4 Å². The highest BCUT2D eigenvalue weighted by molar-refractivity contribution is 7.88. The van der Waals surface area contributed by atoms with Crippen LogP contribution in [0.25, 0.3) is 22.0 Å². The van der Waals surface area contributed by atoms with Gasteiger partial charge in [0, 0.05) is 12.1 Å². The number of nitrogens with zero attached hydrogens (tertiary/aromatic N) is 1. The van der Waals surface area contributed by atoms with Crippen LogP contribution in [0.3, 0.4) is 0 Å². The van der Waals surface area contributed by atoms with E-state index in [1.165, 1.54) is 18.4 Å². The molecule has 2 aromatic heterocycles. The van der Waals surface area contributed by atoms with Crippen molar-refractivity contribution < 1.29 is 17.6 Å². The predicted molar refractivity (Wildman–Crippen MR) is 125 cm³/mol. The molecule has 0 saturated heterocycles. The van der Waals surface area contributed by atoms with Crippen molar-refractivity contribution in [1.29, 1.82) is 0 Å². The van der Waals surface area contributed by atoms with Crippen molar-refractivity contribution in [3.8, 4) is 22.0 Å². The highest BCUT2D eigenvalue weighted by atomic mass is 32.2. The molecule has 0 saturated carbocycles. The lowest BCUT2D eigenvalue weighted by molar-refractivity contribution is 0.0955. The molecule has 0 bridgehead atoms. The molecule has 2 heterocycles. The fourth-order valence-electron chi connectivity index (χ4n) is 3.08. The standard InChI is InChI=1S/C23H21N3O4S2/c1-24-32(28,29)15-17-11-9-16(10-12-17)14-25-22(27)21-20(18-6-3-2-4-7-18)26-23(31-21)19-8-5-13-30-19/h2-13,24H,14-15H2,1H3,(H,25,27). The molecular formula is C23H21N3O4S2. The topological polar surface area (TPSA) is 101 Å². The number of rotatable bonds is 8. The van der Waals surface area contributed by atoms with E-state index in [1.807, 2.05) is 36.4 Å². The van der Waals surface area contributed by atoms with Gasteiger partial charge in [0.15, 0.2) is 10.8 Å². The van der Waals surface area contributed by atoms with Crippen LogP contribution in [0, 0.1) is 0 Å². The molecule has 4 aromatic rings. The number of thiazole rings is 1. The third kappa shape index (κ3) is 5.13. The maximum Gasteiger partial charge on any atom is 0.263 e. The Morgan fingerprint density at radius 2 is 1.72 bits per heavy atom. The maximum absolute atomic E-state index is 13.0. The van der Waals surface area contributed by atoms with Crippen molar-refractivity contribution in [3.05, 3.63) is 89.0 Å². The van der Waals surface area contributed by atoms with E-state index in [-0.39, 0.29) is 11.7 Å². The molecule has 32 heavy (non-hydrogen) atoms. The Kier molecular flexibility index (Phi) is 6.50. The van der Waals surface area contributed by atoms with Gasteiger partial charge in [-0.15, -0.1) is 11.3 Å². The van der Waals surface area contributed by atoms with Gasteiger partial charge < -0.3 is 9.73 Å². The van der Waals surface area contributed by atoms with Crippen LogP contribution in [0.2, 0.25) is 0 Å². The number of aromatic nitrogens is 1. The molecule has 4 rings (SSSR count). The molecule has 0 radical (unpaired) electrons. The van der Waals surface area contributed by atoms with E-state index < -0.39 is 10.0 Å². The molecule has 0 unspecified atom stereocenters. The van der Waals surface area contributed by atoms with Gasteiger partial charge >= 0.3 is 0 Å². The number of benzene rings is 2. The molecule has 2 N–H and O–H groups in total. The van der Waals surface area contributed by atoms with Crippen LogP contribution in [0.1, 0.15) is 20.8 Å². The minimum atomic E-state index is -3.33. The van der Waals surface area contributed by atoms with E-state index >= 15 is 0 Å². The van der Waals surface area contributed by atoms with Gasteiger partial charge in [-0.05, 0) is 30.3 Å². The molecule has 9 heteroatoms. The zero-order valence-electron chi connectivity index (χ0n) is 17.2. The fraction of sp³-hybridized carbons (Fsp3) is 0.130. The predicted octanol–water partition coefficient (Wildman–Crippen LogP) is 4.05. The molecule has 1 amide bonds. The maximum atomic E-state index is 13.0. The molecule has 7 nitrogen and oxygen atoms in total. The molecule has 0 aliphatic rings. The van der Waals surface area contributed by atoms with Gasteiger partial charge in [0.05, 0.1) is 17.7 Å². The number of amides is 1. The first-order valence-corrected chi connectivity index (χ1v) is 12.3. The fourth-order valence-corrected chi connectivity index (χ4v) is 4.83. The van der Waals surface area contributed by atoms with Gasteiger partial charge in [-0.2, -0.15) is 0 Å². The number of carbonyl (C=O) groups is 1. The SMILES string of the molecule is CNS(=O)(=O)Cc1ccc(CNC(=O)c2sc(-c3ccco3)nc2-c2ccccc2)cc1. The summed E-state index contributed by atoms with van der Waals surface area (Å²) < 4.78 is 31.1. The van der Waals surface area contributed by atoms with E-state index in [4.69, 9.17) is 4.42 Å². The number of hydrogen-bond donors (Lipinski definition) is 2. The molecule has 0 fully saturated rings. The molecule has 0 aliphatic heterocycles. The van der Waals surface area contributed by atoms with Crippen LogP contribution >= 0.6 is 11.3 Å². The van der Waals surface area contributed by atoms with Gasteiger partial charge in [0.25, 0.3) is 5.91 Å². The zero-order valence-corrected chi connectivity index (χ0v) is 18.9. The van der Waals surface area contributed by atoms with Gasteiger partial charge in [0.2, 0.25) is 10.0 Å². The third-order valence-electron chi connectivity index (χ3n) is 4.76. The average molecular weight is 468 g/mol. The highest BCUT2D eigenvalue weighted by Gasteiger charge is 2.21. The monoisotopic (exact) mass is 467 g/mol. The summed E-state index contributed by atoms with van der Waals surface area (Å²) in [5, 5.41) is 3.57. The summed E-state index contributed by atoms with van der Waals surface area (Å²) in [5.74, 6) is 0.284. The smallest absolute Gasteiger partial charge is 0.263 e. The first-order valence-electron chi connectivity index (χ1n) is 9.82. The van der Waals surface area contributed by atoms with E-state index in [0.717, 1.165) is 11.1 Å². The Morgan fingerprint density at radius 3 is 2.38 bits per heavy atom. The second kappa shape index (κ2) is 9.47. The van der Waals surface area contributed by atoms with Crippen molar-refractivity contribution in [3.63, 3.8) is 0 Å². The first-order chi connectivity index (χ1) is 15.4. The van der Waals surface area contributed by atoms with Crippen molar-refractivity contribution in [2.24, 2.45) is 0 Å². The zero-order chi connectivity index (χ0) is 22.6. The Balaban J connectivity index is 1.52. The molecular weight excluding hydrogens is 446 g/mol. The van der Waals surface area contributed by atoms with Crippen LogP contribution in [0.15, 0.2) is 77.4 Å². The lowest BCUT2D eigenvalue weighted by atomic mass is 10.1. The molecule has 0 aliphatic carbocycles. The second-order valence-electron chi connectivity index (χ2n) is 7.00. The number of hydrogen-bond acceptors (Lipinski definition) is 6. The Morgan fingerprint density at radius 1 is 1.00 bits per heavy atom.